The number of thioether (sulfide) groups is 1. The van der Waals surface area contributed by atoms with E-state index in [1.807, 2.05) is 18.7 Å². The van der Waals surface area contributed by atoms with Crippen LogP contribution in [0.4, 0.5) is 0 Å². The van der Waals surface area contributed by atoms with Crippen LogP contribution in [0.2, 0.25) is 0 Å². The van der Waals surface area contributed by atoms with E-state index in [0.717, 1.165) is 6.61 Å². The van der Waals surface area contributed by atoms with Crippen molar-refractivity contribution in [1.29, 1.82) is 0 Å². The maximum Gasteiger partial charge on any atom is 0.0433 e. The van der Waals surface area contributed by atoms with Crippen LogP contribution in [0.3, 0.4) is 0 Å². The predicted octanol–water partition coefficient (Wildman–Crippen LogP) is 2.02. The second-order valence-electron chi connectivity index (χ2n) is 1.15. The Morgan fingerprint density at radius 3 is 1.62 bits per heavy atom. The summed E-state index contributed by atoms with van der Waals surface area (Å²) in [6, 6.07) is 0. The molecule has 2 heteroatoms. The molecule has 0 aromatic carbocycles. The molecule has 52 valence electrons. The zero-order chi connectivity index (χ0) is 6.83. The van der Waals surface area contributed by atoms with E-state index in [-0.39, 0.29) is 0 Å². The van der Waals surface area contributed by atoms with Gasteiger partial charge in [0.2, 0.25) is 0 Å². The van der Waals surface area contributed by atoms with Crippen LogP contribution in [0.1, 0.15) is 13.8 Å². The van der Waals surface area contributed by atoms with Crippen molar-refractivity contribution in [1.82, 2.24) is 0 Å². The summed E-state index contributed by atoms with van der Waals surface area (Å²) in [5, 5.41) is 0. The van der Waals surface area contributed by atoms with Gasteiger partial charge >= 0.3 is 0 Å². The summed E-state index contributed by atoms with van der Waals surface area (Å²) in [7, 11) is 1.68. The zero-order valence-electron chi connectivity index (χ0n) is 6.23. The number of hydrogen-bond donors (Lipinski definition) is 0. The number of ether oxygens (including phenoxy) is 1. The minimum absolute atomic E-state index is 0.819. The first-order valence-electron chi connectivity index (χ1n) is 2.81. The maximum absolute atomic E-state index is 4.54. The van der Waals surface area contributed by atoms with E-state index in [1.54, 1.807) is 7.11 Å². The van der Waals surface area contributed by atoms with Crippen molar-refractivity contribution in [2.24, 2.45) is 0 Å². The molecule has 0 aromatic heterocycles. The molecule has 0 bridgehead atoms. The highest BCUT2D eigenvalue weighted by molar-refractivity contribution is 7.98. The zero-order valence-corrected chi connectivity index (χ0v) is 7.05. The third-order valence-electron chi connectivity index (χ3n) is 0.577. The lowest BCUT2D eigenvalue weighted by molar-refractivity contribution is 0.215. The molecule has 0 unspecified atom stereocenters. The first-order chi connectivity index (χ1) is 3.83. The second-order valence-corrected chi connectivity index (χ2v) is 2.31. The summed E-state index contributed by atoms with van der Waals surface area (Å²) in [4.78, 5) is 0. The van der Waals surface area contributed by atoms with Crippen LogP contribution in [-0.2, 0) is 4.74 Å². The first kappa shape index (κ1) is 11.2. The predicted molar refractivity (Wildman–Crippen MR) is 41.6 cm³/mol. The fourth-order valence-corrected chi connectivity index (χ4v) is 0. The van der Waals surface area contributed by atoms with E-state index >= 15 is 0 Å². The molecule has 0 atom stereocenters. The van der Waals surface area contributed by atoms with Crippen LogP contribution < -0.4 is 0 Å². The lowest BCUT2D eigenvalue weighted by atomic mass is 10.9. The smallest absolute Gasteiger partial charge is 0.0433 e. The van der Waals surface area contributed by atoms with Gasteiger partial charge in [-0.1, -0.05) is 6.92 Å². The van der Waals surface area contributed by atoms with Crippen LogP contribution in [0, 0.1) is 0 Å². The number of methoxy groups -OCH3 is 1. The molecule has 0 N–H and O–H groups in total. The van der Waals surface area contributed by atoms with Gasteiger partial charge in [0.05, 0.1) is 0 Å². The Morgan fingerprint density at radius 2 is 1.62 bits per heavy atom. The van der Waals surface area contributed by atoms with Gasteiger partial charge in [-0.2, -0.15) is 11.8 Å². The van der Waals surface area contributed by atoms with Gasteiger partial charge in [-0.25, -0.2) is 0 Å². The molecule has 0 heterocycles. The summed E-state index contributed by atoms with van der Waals surface area (Å²) in [6.07, 6.45) is 2.10. The number of rotatable bonds is 2. The van der Waals surface area contributed by atoms with Gasteiger partial charge in [0.15, 0.2) is 0 Å². The van der Waals surface area contributed by atoms with E-state index in [4.69, 9.17) is 0 Å². The topological polar surface area (TPSA) is 9.23 Å². The normalized spacial score (nSPS) is 7.50. The van der Waals surface area contributed by atoms with Gasteiger partial charge < -0.3 is 4.74 Å². The summed E-state index contributed by atoms with van der Waals surface area (Å²) in [5.74, 6) is 1.24. The molecule has 0 aliphatic rings. The Balaban J connectivity index is 0. The van der Waals surface area contributed by atoms with Crippen molar-refractivity contribution < 1.29 is 4.74 Å². The van der Waals surface area contributed by atoms with Crippen molar-refractivity contribution in [3.05, 3.63) is 0 Å². The molecular formula is C6H16OS. The summed E-state index contributed by atoms with van der Waals surface area (Å²) < 4.78 is 4.54. The van der Waals surface area contributed by atoms with E-state index in [0.29, 0.717) is 0 Å². The lowest BCUT2D eigenvalue weighted by Crippen LogP contribution is -1.73. The summed E-state index contributed by atoms with van der Waals surface area (Å²) in [5.41, 5.74) is 0. The van der Waals surface area contributed by atoms with E-state index in [1.165, 1.54) is 5.75 Å². The minimum Gasteiger partial charge on any atom is -0.385 e. The molecule has 0 fully saturated rings. The standard InChI is InChI=1S/C3H8O.C3H8S/c2*1-3-4-2/h2*3H2,1-2H3. The molecule has 0 amide bonds. The Bertz CT molecular complexity index is 16.5. The number of hydrogen-bond acceptors (Lipinski definition) is 2. The molecule has 0 saturated heterocycles. The van der Waals surface area contributed by atoms with Crippen LogP contribution >= 0.6 is 11.8 Å². The van der Waals surface area contributed by atoms with Crippen molar-refractivity contribution in [3.63, 3.8) is 0 Å². The van der Waals surface area contributed by atoms with E-state index in [2.05, 4.69) is 17.9 Å². The quantitative estimate of drug-likeness (QED) is 0.574. The second kappa shape index (κ2) is 15.7. The Morgan fingerprint density at radius 1 is 1.38 bits per heavy atom. The van der Waals surface area contributed by atoms with E-state index in [9.17, 15) is 0 Å². The molecule has 0 aromatic rings. The van der Waals surface area contributed by atoms with Crippen LogP contribution in [0.5, 0.6) is 0 Å². The largest absolute Gasteiger partial charge is 0.385 e. The Labute approximate surface area is 56.8 Å². The van der Waals surface area contributed by atoms with Crippen molar-refractivity contribution in [2.45, 2.75) is 13.8 Å². The molecular weight excluding hydrogens is 120 g/mol. The fourth-order valence-electron chi connectivity index (χ4n) is 0. The average Bonchev–Trinajstić information content (AvgIpc) is 1.88. The highest BCUT2D eigenvalue weighted by atomic mass is 32.2. The molecule has 8 heavy (non-hydrogen) atoms. The van der Waals surface area contributed by atoms with Gasteiger partial charge in [-0.05, 0) is 18.9 Å². The Kier molecular flexibility index (Phi) is 21.8. The molecule has 0 aliphatic heterocycles. The van der Waals surface area contributed by atoms with Crippen molar-refractivity contribution in [3.8, 4) is 0 Å². The molecule has 0 spiro atoms. The van der Waals surface area contributed by atoms with Gasteiger partial charge in [0.1, 0.15) is 0 Å². The molecule has 0 aliphatic carbocycles. The van der Waals surface area contributed by atoms with Crippen molar-refractivity contribution in [2.75, 3.05) is 25.7 Å². The molecule has 0 radical (unpaired) electrons. The van der Waals surface area contributed by atoms with E-state index < -0.39 is 0 Å². The average molecular weight is 136 g/mol. The van der Waals surface area contributed by atoms with Crippen molar-refractivity contribution >= 4 is 11.8 Å². The first-order valence-corrected chi connectivity index (χ1v) is 4.20. The molecule has 1 nitrogen and oxygen atoms in total. The van der Waals surface area contributed by atoms with Crippen LogP contribution in [-0.4, -0.2) is 25.7 Å². The highest BCUT2D eigenvalue weighted by Crippen LogP contribution is 1.83. The SMILES string of the molecule is CCOC.CCSC. The maximum atomic E-state index is 4.54. The highest BCUT2D eigenvalue weighted by Gasteiger charge is 1.55. The summed E-state index contributed by atoms with van der Waals surface area (Å²) in [6.45, 7) is 4.92. The van der Waals surface area contributed by atoms with Crippen LogP contribution in [0.25, 0.3) is 0 Å². The van der Waals surface area contributed by atoms with Gasteiger partial charge in [-0.15, -0.1) is 0 Å². The third-order valence-corrected chi connectivity index (χ3v) is 1.15. The van der Waals surface area contributed by atoms with Crippen LogP contribution in [0.15, 0.2) is 0 Å². The van der Waals surface area contributed by atoms with Gasteiger partial charge in [0, 0.05) is 13.7 Å². The molecule has 0 saturated carbocycles. The van der Waals surface area contributed by atoms with Gasteiger partial charge in [0.25, 0.3) is 0 Å². The minimum atomic E-state index is 0.819. The molecule has 0 rings (SSSR count). The third kappa shape index (κ3) is 33.3. The fraction of sp³-hybridized carbons (Fsp3) is 1.00. The summed E-state index contributed by atoms with van der Waals surface area (Å²) >= 11 is 1.86. The Hall–Kier alpha value is 0.310. The monoisotopic (exact) mass is 136 g/mol. The van der Waals surface area contributed by atoms with Gasteiger partial charge in [-0.3, -0.25) is 0 Å². The lowest BCUT2D eigenvalue weighted by Gasteiger charge is -1.76.